The average molecular weight is 384 g/mol. The zero-order valence-corrected chi connectivity index (χ0v) is 16.3. The van der Waals surface area contributed by atoms with E-state index in [4.69, 9.17) is 16.3 Å². The molecule has 1 heterocycles. The Labute approximate surface area is 163 Å². The Morgan fingerprint density at radius 3 is 2.59 bits per heavy atom. The molecule has 1 unspecified atom stereocenters. The van der Waals surface area contributed by atoms with Crippen LogP contribution in [0.1, 0.15) is 22.0 Å². The Balaban J connectivity index is 1.84. The molecule has 1 aromatic heterocycles. The van der Waals surface area contributed by atoms with Crippen molar-refractivity contribution in [3.8, 4) is 0 Å². The number of fused-ring (bicyclic) bond motifs is 1. The van der Waals surface area contributed by atoms with Crippen molar-refractivity contribution in [2.75, 3.05) is 33.1 Å². The molecule has 2 aromatic carbocycles. The molecule has 0 aliphatic carbocycles. The Morgan fingerprint density at radius 1 is 1.19 bits per heavy atom. The first kappa shape index (κ1) is 19.1. The van der Waals surface area contributed by atoms with E-state index >= 15 is 0 Å². The molecular formula is C21H22ClN3O2. The summed E-state index contributed by atoms with van der Waals surface area (Å²) in [6.45, 7) is 0.680. The van der Waals surface area contributed by atoms with Gasteiger partial charge in [-0.05, 0) is 61.4 Å². The molecule has 140 valence electrons. The van der Waals surface area contributed by atoms with E-state index in [1.54, 1.807) is 12.3 Å². The first-order valence-electron chi connectivity index (χ1n) is 8.62. The van der Waals surface area contributed by atoms with Crippen molar-refractivity contribution < 1.29 is 9.53 Å². The smallest absolute Gasteiger partial charge is 0.337 e. The number of aromatic nitrogens is 1. The standard InChI is InChI=1S/C21H22ClN3O2/c1-25(2)19(14-4-7-17(22)8-5-14)13-24-20-18-9-6-16(21(26)27-3)12-15(18)10-11-23-20/h4-12,19H,13H2,1-3H3,(H,23,24). The maximum absolute atomic E-state index is 11.7. The molecule has 1 atom stereocenters. The van der Waals surface area contributed by atoms with Crippen LogP contribution in [-0.4, -0.2) is 43.6 Å². The molecule has 0 bridgehead atoms. The fourth-order valence-electron chi connectivity index (χ4n) is 3.04. The lowest BCUT2D eigenvalue weighted by molar-refractivity contribution is 0.0601. The van der Waals surface area contributed by atoms with Crippen LogP contribution >= 0.6 is 11.6 Å². The van der Waals surface area contributed by atoms with Gasteiger partial charge < -0.3 is 15.0 Å². The third kappa shape index (κ3) is 4.38. The summed E-state index contributed by atoms with van der Waals surface area (Å²) < 4.78 is 4.79. The Kier molecular flexibility index (Phi) is 5.94. The molecule has 3 aromatic rings. The summed E-state index contributed by atoms with van der Waals surface area (Å²) in [7, 11) is 5.46. The molecule has 0 radical (unpaired) electrons. The molecule has 5 nitrogen and oxygen atoms in total. The average Bonchev–Trinajstić information content (AvgIpc) is 2.68. The minimum atomic E-state index is -0.348. The number of carbonyl (C=O) groups excluding carboxylic acids is 1. The summed E-state index contributed by atoms with van der Waals surface area (Å²) in [5.41, 5.74) is 1.69. The van der Waals surface area contributed by atoms with Crippen LogP contribution < -0.4 is 5.32 Å². The van der Waals surface area contributed by atoms with E-state index in [-0.39, 0.29) is 12.0 Å². The predicted octanol–water partition coefficient (Wildman–Crippen LogP) is 4.39. The maximum atomic E-state index is 11.7. The number of ether oxygens (including phenoxy) is 1. The zero-order valence-electron chi connectivity index (χ0n) is 15.6. The lowest BCUT2D eigenvalue weighted by Gasteiger charge is -2.25. The number of likely N-dealkylation sites (N-methyl/N-ethyl adjacent to an activating group) is 1. The lowest BCUT2D eigenvalue weighted by Crippen LogP contribution is -2.27. The number of pyridine rings is 1. The van der Waals surface area contributed by atoms with Gasteiger partial charge in [-0.15, -0.1) is 0 Å². The number of methoxy groups -OCH3 is 1. The number of hydrogen-bond acceptors (Lipinski definition) is 5. The highest BCUT2D eigenvalue weighted by atomic mass is 35.5. The van der Waals surface area contributed by atoms with Crippen molar-refractivity contribution in [2.45, 2.75) is 6.04 Å². The zero-order chi connectivity index (χ0) is 19.4. The summed E-state index contributed by atoms with van der Waals surface area (Å²) in [5.74, 6) is 0.434. The van der Waals surface area contributed by atoms with E-state index in [1.807, 2.05) is 56.6 Å². The second-order valence-electron chi connectivity index (χ2n) is 6.50. The molecule has 27 heavy (non-hydrogen) atoms. The van der Waals surface area contributed by atoms with Crippen molar-refractivity contribution in [3.05, 3.63) is 70.9 Å². The fourth-order valence-corrected chi connectivity index (χ4v) is 3.17. The molecule has 0 aliphatic rings. The van der Waals surface area contributed by atoms with E-state index in [0.717, 1.165) is 21.6 Å². The quantitative estimate of drug-likeness (QED) is 0.640. The topological polar surface area (TPSA) is 54.5 Å². The summed E-state index contributed by atoms with van der Waals surface area (Å²) in [6.07, 6.45) is 1.73. The van der Waals surface area contributed by atoms with Gasteiger partial charge in [0.2, 0.25) is 0 Å². The van der Waals surface area contributed by atoms with Gasteiger partial charge in [0.15, 0.2) is 0 Å². The van der Waals surface area contributed by atoms with Crippen LogP contribution in [-0.2, 0) is 4.74 Å². The number of benzene rings is 2. The highest BCUT2D eigenvalue weighted by molar-refractivity contribution is 6.30. The maximum Gasteiger partial charge on any atom is 0.337 e. The molecule has 1 N–H and O–H groups in total. The molecule has 3 rings (SSSR count). The molecule has 0 saturated carbocycles. The van der Waals surface area contributed by atoms with Crippen LogP contribution in [0.15, 0.2) is 54.7 Å². The molecule has 6 heteroatoms. The summed E-state index contributed by atoms with van der Waals surface area (Å²) in [5, 5.41) is 6.06. The van der Waals surface area contributed by atoms with Crippen molar-refractivity contribution in [3.63, 3.8) is 0 Å². The van der Waals surface area contributed by atoms with Crippen LogP contribution in [0.5, 0.6) is 0 Å². The number of nitrogens with one attached hydrogen (secondary N) is 1. The van der Waals surface area contributed by atoms with E-state index in [1.165, 1.54) is 12.7 Å². The Bertz CT molecular complexity index is 942. The van der Waals surface area contributed by atoms with Gasteiger partial charge in [0.25, 0.3) is 0 Å². The summed E-state index contributed by atoms with van der Waals surface area (Å²) in [4.78, 5) is 18.4. The third-order valence-corrected chi connectivity index (χ3v) is 4.78. The van der Waals surface area contributed by atoms with Gasteiger partial charge in [0.05, 0.1) is 18.7 Å². The van der Waals surface area contributed by atoms with Gasteiger partial charge in [0.1, 0.15) is 5.82 Å². The number of nitrogens with zero attached hydrogens (tertiary/aromatic N) is 2. The van der Waals surface area contributed by atoms with E-state index in [2.05, 4.69) is 15.2 Å². The Hall–Kier alpha value is -2.63. The van der Waals surface area contributed by atoms with Gasteiger partial charge in [0, 0.05) is 23.2 Å². The highest BCUT2D eigenvalue weighted by Gasteiger charge is 2.15. The van der Waals surface area contributed by atoms with Crippen LogP contribution in [0.3, 0.4) is 0 Å². The molecule has 0 aliphatic heterocycles. The lowest BCUT2D eigenvalue weighted by atomic mass is 10.1. The van der Waals surface area contributed by atoms with Crippen molar-refractivity contribution in [2.24, 2.45) is 0 Å². The Morgan fingerprint density at radius 2 is 1.93 bits per heavy atom. The summed E-state index contributed by atoms with van der Waals surface area (Å²) in [6, 6.07) is 15.4. The van der Waals surface area contributed by atoms with E-state index < -0.39 is 0 Å². The van der Waals surface area contributed by atoms with Crippen LogP contribution in [0.4, 0.5) is 5.82 Å². The number of hydrogen-bond donors (Lipinski definition) is 1. The van der Waals surface area contributed by atoms with Crippen molar-refractivity contribution >= 4 is 34.2 Å². The third-order valence-electron chi connectivity index (χ3n) is 4.53. The van der Waals surface area contributed by atoms with Crippen molar-refractivity contribution in [1.82, 2.24) is 9.88 Å². The van der Waals surface area contributed by atoms with Crippen LogP contribution in [0, 0.1) is 0 Å². The normalized spacial score (nSPS) is 12.2. The fraction of sp³-hybridized carbons (Fsp3) is 0.238. The largest absolute Gasteiger partial charge is 0.465 e. The monoisotopic (exact) mass is 383 g/mol. The molecule has 0 spiro atoms. The van der Waals surface area contributed by atoms with Crippen LogP contribution in [0.2, 0.25) is 5.02 Å². The van der Waals surface area contributed by atoms with Crippen LogP contribution in [0.25, 0.3) is 10.8 Å². The molecule has 0 saturated heterocycles. The second-order valence-corrected chi connectivity index (χ2v) is 6.94. The van der Waals surface area contributed by atoms with E-state index in [9.17, 15) is 4.79 Å². The number of anilines is 1. The predicted molar refractivity (Wildman–Crippen MR) is 109 cm³/mol. The van der Waals surface area contributed by atoms with E-state index in [0.29, 0.717) is 12.1 Å². The van der Waals surface area contributed by atoms with Gasteiger partial charge in [-0.2, -0.15) is 0 Å². The van der Waals surface area contributed by atoms with Gasteiger partial charge in [-0.3, -0.25) is 0 Å². The van der Waals surface area contributed by atoms with Gasteiger partial charge >= 0.3 is 5.97 Å². The first-order chi connectivity index (χ1) is 13.0. The SMILES string of the molecule is COC(=O)c1ccc2c(NCC(c3ccc(Cl)cc3)N(C)C)nccc2c1. The minimum absolute atomic E-state index is 0.161. The number of carbonyl (C=O) groups is 1. The number of rotatable bonds is 6. The minimum Gasteiger partial charge on any atom is -0.465 e. The number of halogens is 1. The molecular weight excluding hydrogens is 362 g/mol. The molecule has 0 fully saturated rings. The van der Waals surface area contributed by atoms with Gasteiger partial charge in [-0.25, -0.2) is 9.78 Å². The number of esters is 1. The first-order valence-corrected chi connectivity index (χ1v) is 9.00. The molecule has 0 amide bonds. The van der Waals surface area contributed by atoms with Crippen molar-refractivity contribution in [1.29, 1.82) is 0 Å². The summed E-state index contributed by atoms with van der Waals surface area (Å²) >= 11 is 6.01. The second kappa shape index (κ2) is 8.37. The highest BCUT2D eigenvalue weighted by Crippen LogP contribution is 2.25. The van der Waals surface area contributed by atoms with Gasteiger partial charge in [-0.1, -0.05) is 23.7 Å².